The summed E-state index contributed by atoms with van der Waals surface area (Å²) >= 11 is 0. The first-order chi connectivity index (χ1) is 11.3. The van der Waals surface area contributed by atoms with Gasteiger partial charge in [-0.15, -0.1) is 0 Å². The van der Waals surface area contributed by atoms with E-state index in [4.69, 9.17) is 22.6 Å². The molecular weight excluding hydrogens is 328 g/mol. The summed E-state index contributed by atoms with van der Waals surface area (Å²) < 4.78 is 31.6. The van der Waals surface area contributed by atoms with E-state index in [0.29, 0.717) is 6.61 Å². The highest BCUT2D eigenvalue weighted by atomic mass is 32.3. The van der Waals surface area contributed by atoms with Crippen molar-refractivity contribution in [1.82, 2.24) is 0 Å². The second-order valence-electron chi connectivity index (χ2n) is 6.56. The van der Waals surface area contributed by atoms with E-state index in [9.17, 15) is 0 Å². The van der Waals surface area contributed by atoms with Gasteiger partial charge in [0.25, 0.3) is 0 Å². The molecule has 0 aromatic heterocycles. The number of rotatable bonds is 15. The Balaban J connectivity index is 0. The molecule has 148 valence electrons. The summed E-state index contributed by atoms with van der Waals surface area (Å²) in [4.78, 5) is 0. The minimum absolute atomic E-state index is 0.371. The Kier molecular flexibility index (Phi) is 20.8. The van der Waals surface area contributed by atoms with Crippen molar-refractivity contribution in [3.8, 4) is 0 Å². The first-order valence-electron chi connectivity index (χ1n) is 9.65. The van der Waals surface area contributed by atoms with Gasteiger partial charge in [-0.2, -0.15) is 8.42 Å². The molecule has 1 atom stereocenters. The minimum atomic E-state index is -4.67. The lowest BCUT2D eigenvalue weighted by Crippen LogP contribution is -1.99. The van der Waals surface area contributed by atoms with Crippen LogP contribution in [0.15, 0.2) is 0 Å². The Morgan fingerprint density at radius 2 is 1.08 bits per heavy atom. The summed E-state index contributed by atoms with van der Waals surface area (Å²) in [5, 5.41) is 8.72. The van der Waals surface area contributed by atoms with Gasteiger partial charge in [0.2, 0.25) is 0 Å². The fourth-order valence-electron chi connectivity index (χ4n) is 2.84. The molecule has 24 heavy (non-hydrogen) atoms. The molecule has 0 aromatic carbocycles. The summed E-state index contributed by atoms with van der Waals surface area (Å²) in [5.41, 5.74) is 0. The molecule has 3 N–H and O–H groups in total. The van der Waals surface area contributed by atoms with Crippen LogP contribution in [-0.4, -0.2) is 29.2 Å². The molecule has 0 spiro atoms. The average Bonchev–Trinajstić information content (AvgIpc) is 2.50. The zero-order chi connectivity index (χ0) is 18.7. The molecule has 0 rings (SSSR count). The highest BCUT2D eigenvalue weighted by Crippen LogP contribution is 2.21. The Morgan fingerprint density at radius 1 is 0.708 bits per heavy atom. The maximum Gasteiger partial charge on any atom is 0.394 e. The van der Waals surface area contributed by atoms with E-state index in [-0.39, 0.29) is 0 Å². The van der Waals surface area contributed by atoms with Crippen LogP contribution in [0.4, 0.5) is 0 Å². The molecule has 0 bridgehead atoms. The molecule has 0 aromatic rings. The molecule has 0 aliphatic rings. The number of aliphatic hydroxyl groups is 1. The molecule has 0 fully saturated rings. The normalized spacial score (nSPS) is 12.5. The quantitative estimate of drug-likeness (QED) is 0.264. The predicted octanol–water partition coefficient (Wildman–Crippen LogP) is 5.44. The molecule has 0 amide bonds. The van der Waals surface area contributed by atoms with Crippen LogP contribution < -0.4 is 0 Å². The minimum Gasteiger partial charge on any atom is -0.396 e. The third-order valence-corrected chi connectivity index (χ3v) is 4.31. The molecule has 0 radical (unpaired) electrons. The van der Waals surface area contributed by atoms with Crippen LogP contribution in [0.3, 0.4) is 0 Å². The van der Waals surface area contributed by atoms with E-state index in [1.807, 2.05) is 0 Å². The lowest BCUT2D eigenvalue weighted by molar-refractivity contribution is 0.281. The second-order valence-corrected chi connectivity index (χ2v) is 7.45. The summed E-state index contributed by atoms with van der Waals surface area (Å²) in [7, 11) is -4.67. The van der Waals surface area contributed by atoms with E-state index in [0.717, 1.165) is 12.3 Å². The van der Waals surface area contributed by atoms with Crippen LogP contribution in [-0.2, 0) is 10.4 Å². The van der Waals surface area contributed by atoms with Gasteiger partial charge in [0.15, 0.2) is 0 Å². The molecular formula is C18H40O5S. The molecule has 0 saturated carbocycles. The van der Waals surface area contributed by atoms with E-state index in [2.05, 4.69) is 13.8 Å². The van der Waals surface area contributed by atoms with Gasteiger partial charge < -0.3 is 5.11 Å². The van der Waals surface area contributed by atoms with Crippen LogP contribution in [0.2, 0.25) is 0 Å². The van der Waals surface area contributed by atoms with Gasteiger partial charge in [-0.3, -0.25) is 9.11 Å². The Labute approximate surface area is 149 Å². The van der Waals surface area contributed by atoms with E-state index in [1.54, 1.807) is 0 Å². The van der Waals surface area contributed by atoms with Crippen molar-refractivity contribution in [1.29, 1.82) is 0 Å². The van der Waals surface area contributed by atoms with Crippen molar-refractivity contribution in [3.05, 3.63) is 0 Å². The van der Waals surface area contributed by atoms with Crippen molar-refractivity contribution in [2.24, 2.45) is 5.92 Å². The topological polar surface area (TPSA) is 94.8 Å². The van der Waals surface area contributed by atoms with Gasteiger partial charge in [-0.05, 0) is 12.3 Å². The first-order valence-corrected chi connectivity index (χ1v) is 11.1. The number of hydrogen-bond acceptors (Lipinski definition) is 3. The summed E-state index contributed by atoms with van der Waals surface area (Å²) in [6.45, 7) is 5.01. The van der Waals surface area contributed by atoms with Crippen LogP contribution >= 0.6 is 0 Å². The molecule has 6 heteroatoms. The highest BCUT2D eigenvalue weighted by molar-refractivity contribution is 7.79. The van der Waals surface area contributed by atoms with Crippen molar-refractivity contribution in [2.45, 2.75) is 104 Å². The zero-order valence-electron chi connectivity index (χ0n) is 15.8. The first kappa shape index (κ1) is 26.1. The summed E-state index contributed by atoms with van der Waals surface area (Å²) in [6.07, 6.45) is 19.1. The van der Waals surface area contributed by atoms with Crippen molar-refractivity contribution >= 4 is 10.4 Å². The van der Waals surface area contributed by atoms with E-state index < -0.39 is 10.4 Å². The number of hydrogen-bond donors (Lipinski definition) is 3. The fourth-order valence-corrected chi connectivity index (χ4v) is 2.84. The Bertz CT molecular complexity index is 306. The van der Waals surface area contributed by atoms with Crippen molar-refractivity contribution in [2.75, 3.05) is 6.61 Å². The monoisotopic (exact) mass is 368 g/mol. The number of aliphatic hydroxyl groups excluding tert-OH is 1. The van der Waals surface area contributed by atoms with Gasteiger partial charge in [0, 0.05) is 6.61 Å². The van der Waals surface area contributed by atoms with Crippen LogP contribution in [0.5, 0.6) is 0 Å². The van der Waals surface area contributed by atoms with Crippen molar-refractivity contribution in [3.63, 3.8) is 0 Å². The molecule has 0 aliphatic carbocycles. The number of unbranched alkanes of at least 4 members (excludes halogenated alkanes) is 9. The standard InChI is InChI=1S/C18H38O.H2O4S/c1-3-5-6-7-9-12-15-18(4-2)16-13-10-8-11-14-17-19;1-5(2,3)4/h18-19H,3-17H2,1-2H3;(H2,1,2,3,4). The summed E-state index contributed by atoms with van der Waals surface area (Å²) in [6, 6.07) is 0. The molecule has 5 nitrogen and oxygen atoms in total. The van der Waals surface area contributed by atoms with Gasteiger partial charge in [-0.1, -0.05) is 97.3 Å². The maximum absolute atomic E-state index is 8.74. The van der Waals surface area contributed by atoms with Crippen LogP contribution in [0.1, 0.15) is 104 Å². The summed E-state index contributed by atoms with van der Waals surface area (Å²) in [5.74, 6) is 0.976. The smallest absolute Gasteiger partial charge is 0.394 e. The lowest BCUT2D eigenvalue weighted by Gasteiger charge is -2.14. The molecule has 1 unspecified atom stereocenters. The highest BCUT2D eigenvalue weighted by Gasteiger charge is 2.05. The molecule has 0 saturated heterocycles. The van der Waals surface area contributed by atoms with E-state index >= 15 is 0 Å². The SMILES string of the molecule is CCCCCCCCC(CC)CCCCCCCO.O=S(=O)(O)O. The zero-order valence-corrected chi connectivity index (χ0v) is 16.6. The third kappa shape index (κ3) is 29.8. The fraction of sp³-hybridized carbons (Fsp3) is 1.00. The van der Waals surface area contributed by atoms with Gasteiger partial charge in [0.05, 0.1) is 0 Å². The Hall–Kier alpha value is -0.170. The van der Waals surface area contributed by atoms with Gasteiger partial charge in [0.1, 0.15) is 0 Å². The molecule has 0 aliphatic heterocycles. The average molecular weight is 369 g/mol. The lowest BCUT2D eigenvalue weighted by atomic mass is 9.92. The van der Waals surface area contributed by atoms with Crippen LogP contribution in [0.25, 0.3) is 0 Å². The molecule has 0 heterocycles. The largest absolute Gasteiger partial charge is 0.396 e. The van der Waals surface area contributed by atoms with E-state index in [1.165, 1.54) is 83.5 Å². The third-order valence-electron chi connectivity index (χ3n) is 4.31. The van der Waals surface area contributed by atoms with Gasteiger partial charge >= 0.3 is 10.4 Å². The van der Waals surface area contributed by atoms with Crippen molar-refractivity contribution < 1.29 is 22.6 Å². The van der Waals surface area contributed by atoms with Crippen LogP contribution in [0, 0.1) is 5.92 Å². The second kappa shape index (κ2) is 19.2. The predicted molar refractivity (Wildman–Crippen MR) is 101 cm³/mol. The maximum atomic E-state index is 8.74. The van der Waals surface area contributed by atoms with Gasteiger partial charge in [-0.25, -0.2) is 0 Å². The Morgan fingerprint density at radius 3 is 1.46 bits per heavy atom.